The van der Waals surface area contributed by atoms with E-state index in [4.69, 9.17) is 14.7 Å². The van der Waals surface area contributed by atoms with E-state index in [1.807, 2.05) is 31.2 Å². The Labute approximate surface area is 103 Å². The number of hydrogen-bond donors (Lipinski definition) is 1. The number of hydrogen-bond acceptors (Lipinski definition) is 5. The van der Waals surface area contributed by atoms with Crippen molar-refractivity contribution in [2.45, 2.75) is 6.92 Å². The van der Waals surface area contributed by atoms with E-state index >= 15 is 0 Å². The summed E-state index contributed by atoms with van der Waals surface area (Å²) in [4.78, 5) is 3.98. The van der Waals surface area contributed by atoms with E-state index in [9.17, 15) is 0 Å². The first-order chi connectivity index (χ1) is 8.75. The van der Waals surface area contributed by atoms with Gasteiger partial charge in [-0.2, -0.15) is 0 Å². The SMILES string of the molecule is Cc1ccc(-c2onc(N)c2-c2ccncc2)o1. The minimum atomic E-state index is 0.338. The normalized spacial score (nSPS) is 10.7. The number of aromatic nitrogens is 2. The molecular weight excluding hydrogens is 230 g/mol. The molecule has 0 radical (unpaired) electrons. The number of nitrogens with two attached hydrogens (primary N) is 1. The van der Waals surface area contributed by atoms with Gasteiger partial charge in [-0.05, 0) is 36.8 Å². The van der Waals surface area contributed by atoms with Crippen LogP contribution in [0.15, 0.2) is 45.6 Å². The second-order valence-electron chi connectivity index (χ2n) is 3.92. The van der Waals surface area contributed by atoms with Gasteiger partial charge in [0, 0.05) is 12.4 Å². The maximum absolute atomic E-state index is 5.85. The zero-order valence-corrected chi connectivity index (χ0v) is 9.75. The van der Waals surface area contributed by atoms with Crippen molar-refractivity contribution >= 4 is 5.82 Å². The molecule has 0 saturated heterocycles. The third-order valence-electron chi connectivity index (χ3n) is 2.65. The molecule has 3 rings (SSSR count). The van der Waals surface area contributed by atoms with Gasteiger partial charge in [0.15, 0.2) is 11.6 Å². The molecule has 0 atom stereocenters. The van der Waals surface area contributed by atoms with E-state index in [-0.39, 0.29) is 0 Å². The lowest BCUT2D eigenvalue weighted by Gasteiger charge is -1.99. The molecule has 0 unspecified atom stereocenters. The quantitative estimate of drug-likeness (QED) is 0.746. The van der Waals surface area contributed by atoms with Gasteiger partial charge in [-0.1, -0.05) is 5.16 Å². The second-order valence-corrected chi connectivity index (χ2v) is 3.92. The van der Waals surface area contributed by atoms with Crippen molar-refractivity contribution in [1.82, 2.24) is 10.1 Å². The van der Waals surface area contributed by atoms with Crippen LogP contribution >= 0.6 is 0 Å². The van der Waals surface area contributed by atoms with Crippen molar-refractivity contribution in [2.24, 2.45) is 0 Å². The molecule has 3 heterocycles. The zero-order chi connectivity index (χ0) is 12.5. The summed E-state index contributed by atoms with van der Waals surface area (Å²) >= 11 is 0. The summed E-state index contributed by atoms with van der Waals surface area (Å²) in [5.74, 6) is 2.29. The van der Waals surface area contributed by atoms with Crippen LogP contribution < -0.4 is 5.73 Å². The Morgan fingerprint density at radius 1 is 1.11 bits per heavy atom. The number of furan rings is 1. The van der Waals surface area contributed by atoms with Gasteiger partial charge in [-0.3, -0.25) is 4.98 Å². The molecule has 3 aromatic rings. The molecule has 0 aliphatic carbocycles. The molecule has 0 amide bonds. The van der Waals surface area contributed by atoms with Crippen molar-refractivity contribution in [2.75, 3.05) is 5.73 Å². The standard InChI is InChI=1S/C13H11N3O2/c1-8-2-3-10(17-8)12-11(13(14)16-18-12)9-4-6-15-7-5-9/h2-7H,1H3,(H2,14,16). The van der Waals surface area contributed by atoms with Gasteiger partial charge < -0.3 is 14.7 Å². The van der Waals surface area contributed by atoms with Gasteiger partial charge in [-0.25, -0.2) is 0 Å². The second kappa shape index (κ2) is 4.03. The van der Waals surface area contributed by atoms with Crippen LogP contribution in [0.2, 0.25) is 0 Å². The van der Waals surface area contributed by atoms with E-state index in [1.54, 1.807) is 12.4 Å². The molecule has 0 aliphatic heterocycles. The predicted octanol–water partition coefficient (Wildman–Crippen LogP) is 2.89. The highest BCUT2D eigenvalue weighted by molar-refractivity contribution is 5.84. The lowest BCUT2D eigenvalue weighted by molar-refractivity contribution is 0.418. The molecule has 0 bridgehead atoms. The predicted molar refractivity (Wildman–Crippen MR) is 66.6 cm³/mol. The molecule has 5 nitrogen and oxygen atoms in total. The zero-order valence-electron chi connectivity index (χ0n) is 9.75. The number of nitrogens with zero attached hydrogens (tertiary/aromatic N) is 2. The van der Waals surface area contributed by atoms with Gasteiger partial charge in [0.1, 0.15) is 5.76 Å². The Balaban J connectivity index is 2.18. The Kier molecular flexibility index (Phi) is 2.37. The van der Waals surface area contributed by atoms with Crippen LogP contribution in [0.5, 0.6) is 0 Å². The highest BCUT2D eigenvalue weighted by atomic mass is 16.5. The smallest absolute Gasteiger partial charge is 0.212 e. The van der Waals surface area contributed by atoms with Crippen LogP contribution in [-0.2, 0) is 0 Å². The van der Waals surface area contributed by atoms with Crippen molar-refractivity contribution in [3.05, 3.63) is 42.4 Å². The first-order valence-electron chi connectivity index (χ1n) is 5.48. The van der Waals surface area contributed by atoms with Crippen LogP contribution in [0.1, 0.15) is 5.76 Å². The van der Waals surface area contributed by atoms with Crippen LogP contribution in [0, 0.1) is 6.92 Å². The maximum atomic E-state index is 5.85. The molecule has 18 heavy (non-hydrogen) atoms. The Morgan fingerprint density at radius 3 is 2.56 bits per heavy atom. The minimum Gasteiger partial charge on any atom is -0.458 e. The first-order valence-corrected chi connectivity index (χ1v) is 5.48. The maximum Gasteiger partial charge on any atom is 0.212 e. The van der Waals surface area contributed by atoms with Crippen molar-refractivity contribution in [1.29, 1.82) is 0 Å². The van der Waals surface area contributed by atoms with Gasteiger partial charge in [0.25, 0.3) is 0 Å². The summed E-state index contributed by atoms with van der Waals surface area (Å²) < 4.78 is 10.8. The average molecular weight is 241 g/mol. The Hall–Kier alpha value is -2.56. The van der Waals surface area contributed by atoms with E-state index in [1.165, 1.54) is 0 Å². The van der Waals surface area contributed by atoms with Crippen molar-refractivity contribution in [3.63, 3.8) is 0 Å². The molecule has 0 fully saturated rings. The number of pyridine rings is 1. The number of nitrogen functional groups attached to an aromatic ring is 1. The summed E-state index contributed by atoms with van der Waals surface area (Å²) in [6, 6.07) is 7.40. The average Bonchev–Trinajstić information content (AvgIpc) is 2.96. The third kappa shape index (κ3) is 1.66. The van der Waals surface area contributed by atoms with E-state index in [2.05, 4.69) is 10.1 Å². The summed E-state index contributed by atoms with van der Waals surface area (Å²) in [7, 11) is 0. The van der Waals surface area contributed by atoms with Gasteiger partial charge in [0.2, 0.25) is 5.76 Å². The summed E-state index contributed by atoms with van der Waals surface area (Å²) in [5, 5.41) is 3.80. The summed E-state index contributed by atoms with van der Waals surface area (Å²) in [6.45, 7) is 1.87. The number of rotatable bonds is 2. The minimum absolute atomic E-state index is 0.338. The molecule has 5 heteroatoms. The van der Waals surface area contributed by atoms with Crippen LogP contribution in [0.4, 0.5) is 5.82 Å². The molecular formula is C13H11N3O2. The summed E-state index contributed by atoms with van der Waals surface area (Å²) in [5.41, 5.74) is 7.48. The fourth-order valence-electron chi connectivity index (χ4n) is 1.82. The largest absolute Gasteiger partial charge is 0.458 e. The van der Waals surface area contributed by atoms with Gasteiger partial charge >= 0.3 is 0 Å². The topological polar surface area (TPSA) is 78.1 Å². The molecule has 2 N–H and O–H groups in total. The van der Waals surface area contributed by atoms with Crippen LogP contribution in [0.25, 0.3) is 22.6 Å². The van der Waals surface area contributed by atoms with Gasteiger partial charge in [0.05, 0.1) is 5.56 Å². The molecule has 3 aromatic heterocycles. The molecule has 0 saturated carbocycles. The Bertz CT molecular complexity index is 671. The fraction of sp³-hybridized carbons (Fsp3) is 0.0769. The van der Waals surface area contributed by atoms with Crippen molar-refractivity contribution in [3.8, 4) is 22.6 Å². The molecule has 0 aliphatic rings. The summed E-state index contributed by atoms with van der Waals surface area (Å²) in [6.07, 6.45) is 3.39. The lowest BCUT2D eigenvalue weighted by atomic mass is 10.1. The van der Waals surface area contributed by atoms with Crippen LogP contribution in [-0.4, -0.2) is 10.1 Å². The van der Waals surface area contributed by atoms with E-state index in [0.717, 1.165) is 16.9 Å². The van der Waals surface area contributed by atoms with Crippen LogP contribution in [0.3, 0.4) is 0 Å². The monoisotopic (exact) mass is 241 g/mol. The fourth-order valence-corrected chi connectivity index (χ4v) is 1.82. The molecule has 0 aromatic carbocycles. The Morgan fingerprint density at radius 2 is 1.89 bits per heavy atom. The molecule has 0 spiro atoms. The first kappa shape index (κ1) is 10.6. The third-order valence-corrected chi connectivity index (χ3v) is 2.65. The highest BCUT2D eigenvalue weighted by Crippen LogP contribution is 2.36. The number of anilines is 1. The van der Waals surface area contributed by atoms with E-state index < -0.39 is 0 Å². The highest BCUT2D eigenvalue weighted by Gasteiger charge is 2.19. The lowest BCUT2D eigenvalue weighted by Crippen LogP contribution is -1.88. The number of aryl methyl sites for hydroxylation is 1. The van der Waals surface area contributed by atoms with Crippen molar-refractivity contribution < 1.29 is 8.94 Å². The van der Waals surface area contributed by atoms with E-state index in [0.29, 0.717) is 17.3 Å². The molecule has 90 valence electrons. The van der Waals surface area contributed by atoms with Gasteiger partial charge in [-0.15, -0.1) is 0 Å².